The second-order valence-corrected chi connectivity index (χ2v) is 3.97. The highest BCUT2D eigenvalue weighted by atomic mass is 16.5. The van der Waals surface area contributed by atoms with Crippen LogP contribution >= 0.6 is 0 Å². The Balaban J connectivity index is 2.33. The van der Waals surface area contributed by atoms with Crippen LogP contribution in [0.1, 0.15) is 0 Å². The summed E-state index contributed by atoms with van der Waals surface area (Å²) in [4.78, 5) is 0. The first-order chi connectivity index (χ1) is 8.15. The van der Waals surface area contributed by atoms with Crippen LogP contribution in [-0.4, -0.2) is 14.8 Å². The highest BCUT2D eigenvalue weighted by Gasteiger charge is 2.12. The van der Waals surface area contributed by atoms with Gasteiger partial charge in [-0.1, -0.05) is 5.16 Å². The van der Waals surface area contributed by atoms with E-state index < -0.39 is 0 Å². The summed E-state index contributed by atoms with van der Waals surface area (Å²) in [5.74, 6) is 0.499. The van der Waals surface area contributed by atoms with Crippen LogP contribution in [0.4, 0.5) is 5.88 Å². The molecule has 5 nitrogen and oxygen atoms in total. The Hall–Kier alpha value is -2.43. The van der Waals surface area contributed by atoms with Gasteiger partial charge in [0.2, 0.25) is 5.88 Å². The minimum absolute atomic E-state index is 0.224. The lowest BCUT2D eigenvalue weighted by atomic mass is 10.1. The van der Waals surface area contributed by atoms with Gasteiger partial charge in [0.25, 0.3) is 0 Å². The molecule has 0 amide bonds. The number of phenols is 1. The van der Waals surface area contributed by atoms with Gasteiger partial charge >= 0.3 is 0 Å². The van der Waals surface area contributed by atoms with E-state index in [2.05, 4.69) is 5.16 Å². The summed E-state index contributed by atoms with van der Waals surface area (Å²) < 4.78 is 6.83. The fourth-order valence-corrected chi connectivity index (χ4v) is 2.00. The van der Waals surface area contributed by atoms with Crippen LogP contribution in [0.2, 0.25) is 0 Å². The van der Waals surface area contributed by atoms with Crippen LogP contribution in [0.15, 0.2) is 35.0 Å². The van der Waals surface area contributed by atoms with Crippen molar-refractivity contribution >= 4 is 16.8 Å². The molecule has 0 radical (unpaired) electrons. The second-order valence-electron chi connectivity index (χ2n) is 3.97. The molecule has 3 N–H and O–H groups in total. The third kappa shape index (κ3) is 1.44. The Morgan fingerprint density at radius 2 is 2.18 bits per heavy atom. The van der Waals surface area contributed by atoms with Gasteiger partial charge in [0, 0.05) is 35.8 Å². The Morgan fingerprint density at radius 1 is 1.35 bits per heavy atom. The lowest BCUT2D eigenvalue weighted by molar-refractivity contribution is 0.439. The van der Waals surface area contributed by atoms with Crippen molar-refractivity contribution < 1.29 is 9.63 Å². The number of benzene rings is 1. The molecule has 0 aliphatic heterocycles. The molecule has 0 saturated carbocycles. The maximum atomic E-state index is 9.54. The van der Waals surface area contributed by atoms with E-state index in [9.17, 15) is 5.11 Å². The Morgan fingerprint density at radius 3 is 2.88 bits per heavy atom. The SMILES string of the molecule is Cn1cc(-c2cc(N)on2)c2cc(O)ccc21. The van der Waals surface area contributed by atoms with E-state index in [1.807, 2.05) is 23.9 Å². The van der Waals surface area contributed by atoms with Crippen LogP contribution in [-0.2, 0) is 7.05 Å². The van der Waals surface area contributed by atoms with Gasteiger partial charge in [-0.3, -0.25) is 0 Å². The molecule has 0 spiro atoms. The number of nitrogen functional groups attached to an aromatic ring is 1. The lowest BCUT2D eigenvalue weighted by Crippen LogP contribution is -1.82. The fourth-order valence-electron chi connectivity index (χ4n) is 2.00. The molecule has 3 aromatic rings. The number of aromatic nitrogens is 2. The van der Waals surface area contributed by atoms with E-state index in [0.717, 1.165) is 16.5 Å². The standard InChI is InChI=1S/C12H11N3O2/c1-15-6-9(10-5-12(13)17-14-10)8-4-7(16)2-3-11(8)15/h2-6,16H,13H2,1H3. The van der Waals surface area contributed by atoms with Gasteiger partial charge in [-0.2, -0.15) is 0 Å². The highest BCUT2D eigenvalue weighted by molar-refractivity contribution is 5.96. The number of hydrogen-bond acceptors (Lipinski definition) is 4. The normalized spacial score (nSPS) is 11.1. The average Bonchev–Trinajstić information content (AvgIpc) is 2.83. The van der Waals surface area contributed by atoms with E-state index in [4.69, 9.17) is 10.3 Å². The maximum Gasteiger partial charge on any atom is 0.222 e. The van der Waals surface area contributed by atoms with Gasteiger partial charge in [-0.25, -0.2) is 0 Å². The molecule has 1 aromatic carbocycles. The zero-order chi connectivity index (χ0) is 12.0. The summed E-state index contributed by atoms with van der Waals surface area (Å²) >= 11 is 0. The van der Waals surface area contributed by atoms with Crippen LogP contribution in [0, 0.1) is 0 Å². The van der Waals surface area contributed by atoms with Crippen molar-refractivity contribution in [3.05, 3.63) is 30.5 Å². The zero-order valence-corrected chi connectivity index (χ0v) is 9.21. The van der Waals surface area contributed by atoms with Crippen molar-refractivity contribution in [3.63, 3.8) is 0 Å². The number of phenolic OH excluding ortho intramolecular Hbond substituents is 1. The number of anilines is 1. The van der Waals surface area contributed by atoms with E-state index in [0.29, 0.717) is 5.69 Å². The summed E-state index contributed by atoms with van der Waals surface area (Å²) in [5, 5.41) is 14.3. The monoisotopic (exact) mass is 229 g/mol. The molecule has 3 rings (SSSR count). The summed E-state index contributed by atoms with van der Waals surface area (Å²) in [7, 11) is 1.94. The summed E-state index contributed by atoms with van der Waals surface area (Å²) in [6, 6.07) is 6.88. The number of fused-ring (bicyclic) bond motifs is 1. The van der Waals surface area contributed by atoms with Crippen LogP contribution in [0.5, 0.6) is 5.75 Å². The molecule has 0 aliphatic rings. The van der Waals surface area contributed by atoms with Crippen molar-refractivity contribution in [3.8, 4) is 17.0 Å². The first-order valence-corrected chi connectivity index (χ1v) is 5.16. The van der Waals surface area contributed by atoms with Crippen LogP contribution in [0.3, 0.4) is 0 Å². The minimum atomic E-state index is 0.224. The molecule has 86 valence electrons. The van der Waals surface area contributed by atoms with Crippen LogP contribution < -0.4 is 5.73 Å². The van der Waals surface area contributed by atoms with Crippen molar-refractivity contribution in [1.82, 2.24) is 9.72 Å². The Labute approximate surface area is 97.1 Å². The number of rotatable bonds is 1. The molecule has 2 aromatic heterocycles. The Kier molecular flexibility index (Phi) is 1.89. The first-order valence-electron chi connectivity index (χ1n) is 5.16. The molecule has 0 atom stereocenters. The number of nitrogens with two attached hydrogens (primary N) is 1. The molecular weight excluding hydrogens is 218 g/mol. The number of hydrogen-bond donors (Lipinski definition) is 2. The highest BCUT2D eigenvalue weighted by Crippen LogP contribution is 2.32. The quantitative estimate of drug-likeness (QED) is 0.670. The van der Waals surface area contributed by atoms with Crippen molar-refractivity contribution in [2.75, 3.05) is 5.73 Å². The molecule has 17 heavy (non-hydrogen) atoms. The molecule has 0 saturated heterocycles. The molecule has 0 unspecified atom stereocenters. The minimum Gasteiger partial charge on any atom is -0.508 e. The molecular formula is C12H11N3O2. The number of nitrogens with zero attached hydrogens (tertiary/aromatic N) is 2. The number of aryl methyl sites for hydroxylation is 1. The zero-order valence-electron chi connectivity index (χ0n) is 9.21. The van der Waals surface area contributed by atoms with Gasteiger partial charge < -0.3 is 19.9 Å². The number of aromatic hydroxyl groups is 1. The van der Waals surface area contributed by atoms with Crippen molar-refractivity contribution in [2.45, 2.75) is 0 Å². The largest absolute Gasteiger partial charge is 0.508 e. The van der Waals surface area contributed by atoms with E-state index in [1.54, 1.807) is 18.2 Å². The Bertz CT molecular complexity index is 697. The second kappa shape index (κ2) is 3.28. The fraction of sp³-hybridized carbons (Fsp3) is 0.0833. The molecule has 0 aliphatic carbocycles. The smallest absolute Gasteiger partial charge is 0.222 e. The predicted molar refractivity (Wildman–Crippen MR) is 64.5 cm³/mol. The molecule has 0 bridgehead atoms. The summed E-state index contributed by atoms with van der Waals surface area (Å²) in [6.45, 7) is 0. The lowest BCUT2D eigenvalue weighted by Gasteiger charge is -1.96. The first kappa shape index (κ1) is 9.77. The maximum absolute atomic E-state index is 9.54. The van der Waals surface area contributed by atoms with Crippen molar-refractivity contribution in [2.24, 2.45) is 7.05 Å². The van der Waals surface area contributed by atoms with Crippen LogP contribution in [0.25, 0.3) is 22.2 Å². The molecule has 5 heteroatoms. The van der Waals surface area contributed by atoms with Gasteiger partial charge in [-0.05, 0) is 18.2 Å². The molecule has 0 fully saturated rings. The van der Waals surface area contributed by atoms with Gasteiger partial charge in [0.15, 0.2) is 0 Å². The summed E-state index contributed by atoms with van der Waals surface area (Å²) in [6.07, 6.45) is 1.93. The third-order valence-corrected chi connectivity index (χ3v) is 2.78. The van der Waals surface area contributed by atoms with Gasteiger partial charge in [-0.15, -0.1) is 0 Å². The summed E-state index contributed by atoms with van der Waals surface area (Å²) in [5.41, 5.74) is 8.08. The van der Waals surface area contributed by atoms with E-state index >= 15 is 0 Å². The third-order valence-electron chi connectivity index (χ3n) is 2.78. The van der Waals surface area contributed by atoms with E-state index in [-0.39, 0.29) is 11.6 Å². The average molecular weight is 229 g/mol. The topological polar surface area (TPSA) is 77.2 Å². The van der Waals surface area contributed by atoms with E-state index in [1.165, 1.54) is 0 Å². The predicted octanol–water partition coefficient (Wildman–Crippen LogP) is 2.12. The van der Waals surface area contributed by atoms with Crippen molar-refractivity contribution in [1.29, 1.82) is 0 Å². The van der Waals surface area contributed by atoms with Gasteiger partial charge in [0.05, 0.1) is 0 Å². The van der Waals surface area contributed by atoms with Gasteiger partial charge in [0.1, 0.15) is 11.4 Å². The molecule has 2 heterocycles.